The number of esters is 1. The number of carbonyl (C=O) groups is 1. The summed E-state index contributed by atoms with van der Waals surface area (Å²) >= 11 is 0. The molecule has 0 atom stereocenters. The van der Waals surface area contributed by atoms with Gasteiger partial charge in [0.05, 0.1) is 19.6 Å². The van der Waals surface area contributed by atoms with E-state index in [1.54, 1.807) is 12.1 Å². The minimum Gasteiger partial charge on any atom is -0.493 e. The van der Waals surface area contributed by atoms with E-state index in [0.717, 1.165) is 0 Å². The standard InChI is InChI=1S/C15H21NO3/c16-13-6-3-7-14(10-13)18-9-8-15(17)19-11-12-4-1-2-5-12/h3,6-7,10,12H,1-2,4-5,8-9,11,16H2. The van der Waals surface area contributed by atoms with Gasteiger partial charge in [-0.15, -0.1) is 0 Å². The van der Waals surface area contributed by atoms with Crippen LogP contribution < -0.4 is 10.5 Å². The van der Waals surface area contributed by atoms with Crippen LogP contribution in [0.15, 0.2) is 24.3 Å². The van der Waals surface area contributed by atoms with E-state index in [1.165, 1.54) is 25.7 Å². The first-order chi connectivity index (χ1) is 9.24. The van der Waals surface area contributed by atoms with Crippen LogP contribution in [0.5, 0.6) is 5.75 Å². The Morgan fingerprint density at radius 3 is 2.84 bits per heavy atom. The van der Waals surface area contributed by atoms with Crippen molar-refractivity contribution < 1.29 is 14.3 Å². The highest BCUT2D eigenvalue weighted by Crippen LogP contribution is 2.24. The van der Waals surface area contributed by atoms with Gasteiger partial charge in [0.1, 0.15) is 5.75 Å². The number of rotatable bonds is 6. The van der Waals surface area contributed by atoms with Crippen LogP contribution in [-0.2, 0) is 9.53 Å². The summed E-state index contributed by atoms with van der Waals surface area (Å²) in [5, 5.41) is 0. The summed E-state index contributed by atoms with van der Waals surface area (Å²) in [5.74, 6) is 1.07. The number of carbonyl (C=O) groups excluding carboxylic acids is 1. The molecule has 1 saturated carbocycles. The molecule has 2 rings (SSSR count). The molecular formula is C15H21NO3. The van der Waals surface area contributed by atoms with Gasteiger partial charge < -0.3 is 15.2 Å². The Morgan fingerprint density at radius 2 is 2.11 bits per heavy atom. The maximum atomic E-state index is 11.5. The Balaban J connectivity index is 1.60. The molecule has 1 aromatic rings. The first-order valence-electron chi connectivity index (χ1n) is 6.88. The van der Waals surface area contributed by atoms with E-state index >= 15 is 0 Å². The molecule has 4 nitrogen and oxygen atoms in total. The minimum absolute atomic E-state index is 0.184. The third-order valence-corrected chi connectivity index (χ3v) is 3.39. The van der Waals surface area contributed by atoms with Crippen molar-refractivity contribution >= 4 is 11.7 Å². The Kier molecular flexibility index (Phi) is 5.07. The number of ether oxygens (including phenoxy) is 2. The lowest BCUT2D eigenvalue weighted by Crippen LogP contribution is -2.14. The molecule has 0 unspecified atom stereocenters. The predicted molar refractivity (Wildman–Crippen MR) is 73.9 cm³/mol. The summed E-state index contributed by atoms with van der Waals surface area (Å²) in [6.45, 7) is 0.893. The molecule has 0 aliphatic heterocycles. The normalized spacial score (nSPS) is 15.4. The number of hydrogen-bond acceptors (Lipinski definition) is 4. The second-order valence-electron chi connectivity index (χ2n) is 5.00. The summed E-state index contributed by atoms with van der Waals surface area (Å²) in [4.78, 5) is 11.5. The molecule has 4 heteroatoms. The van der Waals surface area contributed by atoms with Gasteiger partial charge in [0, 0.05) is 11.8 Å². The van der Waals surface area contributed by atoms with Gasteiger partial charge in [-0.3, -0.25) is 4.79 Å². The highest BCUT2D eigenvalue weighted by atomic mass is 16.5. The third-order valence-electron chi connectivity index (χ3n) is 3.39. The van der Waals surface area contributed by atoms with E-state index in [4.69, 9.17) is 15.2 Å². The third kappa shape index (κ3) is 4.81. The average Bonchev–Trinajstić information content (AvgIpc) is 2.89. The number of anilines is 1. The molecule has 2 N–H and O–H groups in total. The van der Waals surface area contributed by atoms with Crippen molar-refractivity contribution in [3.63, 3.8) is 0 Å². The average molecular weight is 263 g/mol. The number of benzene rings is 1. The van der Waals surface area contributed by atoms with E-state index < -0.39 is 0 Å². The molecule has 104 valence electrons. The van der Waals surface area contributed by atoms with Gasteiger partial charge in [0.2, 0.25) is 0 Å². The molecule has 0 saturated heterocycles. The van der Waals surface area contributed by atoms with E-state index in [9.17, 15) is 4.79 Å². The lowest BCUT2D eigenvalue weighted by atomic mass is 10.1. The maximum absolute atomic E-state index is 11.5. The summed E-state index contributed by atoms with van der Waals surface area (Å²) in [6.07, 6.45) is 5.18. The lowest BCUT2D eigenvalue weighted by molar-refractivity contribution is -0.145. The summed E-state index contributed by atoms with van der Waals surface area (Å²) in [6, 6.07) is 7.18. The molecule has 1 fully saturated rings. The second kappa shape index (κ2) is 7.02. The maximum Gasteiger partial charge on any atom is 0.309 e. The molecule has 19 heavy (non-hydrogen) atoms. The van der Waals surface area contributed by atoms with Crippen LogP contribution >= 0.6 is 0 Å². The van der Waals surface area contributed by atoms with Crippen LogP contribution in [0.3, 0.4) is 0 Å². The van der Waals surface area contributed by atoms with E-state index in [-0.39, 0.29) is 12.4 Å². The second-order valence-corrected chi connectivity index (χ2v) is 5.00. The van der Waals surface area contributed by atoms with Crippen molar-refractivity contribution in [3.8, 4) is 5.75 Å². The van der Waals surface area contributed by atoms with Crippen molar-refractivity contribution in [2.24, 2.45) is 5.92 Å². The molecule has 0 bridgehead atoms. The predicted octanol–water partition coefficient (Wildman–Crippen LogP) is 2.77. The Bertz CT molecular complexity index is 414. The molecule has 0 spiro atoms. The summed E-state index contributed by atoms with van der Waals surface area (Å²) in [7, 11) is 0. The molecule has 0 amide bonds. The first kappa shape index (κ1) is 13.7. The zero-order chi connectivity index (χ0) is 13.5. The highest BCUT2D eigenvalue weighted by molar-refractivity contribution is 5.69. The van der Waals surface area contributed by atoms with Crippen molar-refractivity contribution in [2.45, 2.75) is 32.1 Å². The van der Waals surface area contributed by atoms with Crippen LogP contribution in [0, 0.1) is 5.92 Å². The summed E-state index contributed by atoms with van der Waals surface area (Å²) in [5.41, 5.74) is 6.29. The van der Waals surface area contributed by atoms with Crippen LogP contribution in [0.25, 0.3) is 0 Å². The summed E-state index contributed by atoms with van der Waals surface area (Å²) < 4.78 is 10.7. The molecule has 1 aliphatic carbocycles. The van der Waals surface area contributed by atoms with E-state index in [1.807, 2.05) is 12.1 Å². The van der Waals surface area contributed by atoms with Gasteiger partial charge in [-0.05, 0) is 30.9 Å². The van der Waals surface area contributed by atoms with Gasteiger partial charge in [-0.1, -0.05) is 18.9 Å². The lowest BCUT2D eigenvalue weighted by Gasteiger charge is -2.10. The fourth-order valence-electron chi connectivity index (χ4n) is 2.32. The topological polar surface area (TPSA) is 61.5 Å². The highest BCUT2D eigenvalue weighted by Gasteiger charge is 2.16. The van der Waals surface area contributed by atoms with Crippen molar-refractivity contribution in [3.05, 3.63) is 24.3 Å². The van der Waals surface area contributed by atoms with Gasteiger partial charge in [0.25, 0.3) is 0 Å². The van der Waals surface area contributed by atoms with Crippen molar-refractivity contribution in [1.82, 2.24) is 0 Å². The molecule has 1 aromatic carbocycles. The van der Waals surface area contributed by atoms with Crippen LogP contribution in [0.1, 0.15) is 32.1 Å². The largest absolute Gasteiger partial charge is 0.493 e. The van der Waals surface area contributed by atoms with Gasteiger partial charge in [-0.2, -0.15) is 0 Å². The monoisotopic (exact) mass is 263 g/mol. The molecule has 0 aromatic heterocycles. The van der Waals surface area contributed by atoms with Gasteiger partial charge in [-0.25, -0.2) is 0 Å². The number of hydrogen-bond donors (Lipinski definition) is 1. The smallest absolute Gasteiger partial charge is 0.309 e. The van der Waals surface area contributed by atoms with Crippen molar-refractivity contribution in [2.75, 3.05) is 18.9 Å². The van der Waals surface area contributed by atoms with Crippen LogP contribution in [0.4, 0.5) is 5.69 Å². The first-order valence-corrected chi connectivity index (χ1v) is 6.88. The van der Waals surface area contributed by atoms with Crippen LogP contribution in [0.2, 0.25) is 0 Å². The SMILES string of the molecule is Nc1cccc(OCCC(=O)OCC2CCCC2)c1. The quantitative estimate of drug-likeness (QED) is 0.633. The Morgan fingerprint density at radius 1 is 1.32 bits per heavy atom. The zero-order valence-corrected chi connectivity index (χ0v) is 11.1. The molecule has 0 radical (unpaired) electrons. The zero-order valence-electron chi connectivity index (χ0n) is 11.1. The molecule has 1 aliphatic rings. The fraction of sp³-hybridized carbons (Fsp3) is 0.533. The van der Waals surface area contributed by atoms with E-state index in [0.29, 0.717) is 30.6 Å². The van der Waals surface area contributed by atoms with Gasteiger partial charge in [0.15, 0.2) is 0 Å². The molecular weight excluding hydrogens is 242 g/mol. The molecule has 0 heterocycles. The minimum atomic E-state index is -0.184. The van der Waals surface area contributed by atoms with E-state index in [2.05, 4.69) is 0 Å². The van der Waals surface area contributed by atoms with Crippen molar-refractivity contribution in [1.29, 1.82) is 0 Å². The Labute approximate surface area is 113 Å². The van der Waals surface area contributed by atoms with Crippen LogP contribution in [-0.4, -0.2) is 19.2 Å². The number of nitrogens with two attached hydrogens (primary N) is 1. The van der Waals surface area contributed by atoms with Gasteiger partial charge >= 0.3 is 5.97 Å². The fourth-order valence-corrected chi connectivity index (χ4v) is 2.32. The Hall–Kier alpha value is -1.71. The number of nitrogen functional groups attached to an aromatic ring is 1.